The molecule has 0 aliphatic carbocycles. The maximum Gasteiger partial charge on any atom is 0.0224 e. The fraction of sp³-hybridized carbons (Fsp3) is 1.00. The Balaban J connectivity index is 0.000000514. The molecule has 1 unspecified atom stereocenters. The van der Waals surface area contributed by atoms with E-state index in [9.17, 15) is 0 Å². The third-order valence-corrected chi connectivity index (χ3v) is 4.44. The lowest BCUT2D eigenvalue weighted by Crippen LogP contribution is -2.55. The second-order valence-corrected chi connectivity index (χ2v) is 5.31. The van der Waals surface area contributed by atoms with Crippen molar-refractivity contribution in [3.8, 4) is 0 Å². The van der Waals surface area contributed by atoms with Gasteiger partial charge in [-0.3, -0.25) is 9.80 Å². The van der Waals surface area contributed by atoms with Crippen molar-refractivity contribution in [2.45, 2.75) is 51.6 Å². The molecule has 3 heterocycles. The molecule has 0 aromatic rings. The van der Waals surface area contributed by atoms with Gasteiger partial charge in [0.25, 0.3) is 0 Å². The Kier molecular flexibility index (Phi) is 5.26. The molecule has 3 fully saturated rings. The van der Waals surface area contributed by atoms with E-state index in [1.54, 1.807) is 0 Å². The van der Waals surface area contributed by atoms with Crippen molar-refractivity contribution < 1.29 is 0 Å². The lowest BCUT2D eigenvalue weighted by Gasteiger charge is -2.43. The number of rotatable bonds is 1. The third kappa shape index (κ3) is 3.21. The first-order chi connectivity index (χ1) is 8.43. The minimum absolute atomic E-state index is 0.883. The molecule has 0 radical (unpaired) electrons. The van der Waals surface area contributed by atoms with Gasteiger partial charge in [-0.25, -0.2) is 0 Å². The van der Waals surface area contributed by atoms with Crippen LogP contribution >= 0.6 is 0 Å². The second kappa shape index (κ2) is 6.72. The highest BCUT2D eigenvalue weighted by molar-refractivity contribution is 4.90. The molecule has 0 amide bonds. The predicted molar refractivity (Wildman–Crippen MR) is 73.4 cm³/mol. The molecule has 3 rings (SSSR count). The molecule has 0 aromatic heterocycles. The Morgan fingerprint density at radius 2 is 1.53 bits per heavy atom. The summed E-state index contributed by atoms with van der Waals surface area (Å²) in [5, 5.41) is 3.46. The van der Waals surface area contributed by atoms with E-state index in [-0.39, 0.29) is 0 Å². The Bertz CT molecular complexity index is 214. The first-order valence-corrected chi connectivity index (χ1v) is 7.62. The quantitative estimate of drug-likeness (QED) is 0.749. The Labute approximate surface area is 107 Å². The average Bonchev–Trinajstić information content (AvgIpc) is 2.89. The van der Waals surface area contributed by atoms with Crippen LogP contribution in [-0.2, 0) is 0 Å². The van der Waals surface area contributed by atoms with Crippen LogP contribution in [0.5, 0.6) is 0 Å². The standard InChI is InChI=1S/C12H23N3.C2H6/c1-2-12-10-15(9-8-14(12)7-1)11-3-5-13-6-4-11;1-2/h11-13H,1-10H2;1-2H3. The number of piperidine rings is 1. The Hall–Kier alpha value is -0.120. The fourth-order valence-corrected chi connectivity index (χ4v) is 3.52. The highest BCUT2D eigenvalue weighted by Gasteiger charge is 2.33. The zero-order chi connectivity index (χ0) is 12.1. The van der Waals surface area contributed by atoms with Crippen LogP contribution in [0.4, 0.5) is 0 Å². The fourth-order valence-electron chi connectivity index (χ4n) is 3.52. The molecule has 3 nitrogen and oxygen atoms in total. The summed E-state index contributed by atoms with van der Waals surface area (Å²) in [5.74, 6) is 0. The van der Waals surface area contributed by atoms with Gasteiger partial charge in [-0.15, -0.1) is 0 Å². The molecule has 3 saturated heterocycles. The second-order valence-electron chi connectivity index (χ2n) is 5.31. The maximum atomic E-state index is 3.46. The van der Waals surface area contributed by atoms with Gasteiger partial charge in [0.1, 0.15) is 0 Å². The molecule has 100 valence electrons. The SMILES string of the molecule is C1CC2CN(C3CCNCC3)CCN2C1.CC. The first-order valence-electron chi connectivity index (χ1n) is 7.62. The molecule has 1 N–H and O–H groups in total. The molecular weight excluding hydrogens is 210 g/mol. The van der Waals surface area contributed by atoms with Crippen LogP contribution in [0, 0.1) is 0 Å². The molecule has 0 saturated carbocycles. The van der Waals surface area contributed by atoms with Crippen molar-refractivity contribution in [2.24, 2.45) is 0 Å². The van der Waals surface area contributed by atoms with Gasteiger partial charge in [0, 0.05) is 31.7 Å². The Morgan fingerprint density at radius 1 is 0.824 bits per heavy atom. The molecular formula is C14H29N3. The Morgan fingerprint density at radius 3 is 2.29 bits per heavy atom. The summed E-state index contributed by atoms with van der Waals surface area (Å²) in [6.07, 6.45) is 5.62. The summed E-state index contributed by atoms with van der Waals surface area (Å²) in [5.41, 5.74) is 0. The zero-order valence-corrected chi connectivity index (χ0v) is 11.6. The number of nitrogens with zero attached hydrogens (tertiary/aromatic N) is 2. The van der Waals surface area contributed by atoms with Crippen LogP contribution in [0.2, 0.25) is 0 Å². The molecule has 17 heavy (non-hydrogen) atoms. The predicted octanol–water partition coefficient (Wildman–Crippen LogP) is 1.54. The highest BCUT2D eigenvalue weighted by atomic mass is 15.3. The van der Waals surface area contributed by atoms with Crippen molar-refractivity contribution in [2.75, 3.05) is 39.3 Å². The molecule has 0 aromatic carbocycles. The van der Waals surface area contributed by atoms with E-state index in [0.717, 1.165) is 12.1 Å². The van der Waals surface area contributed by atoms with Crippen molar-refractivity contribution in [3.63, 3.8) is 0 Å². The topological polar surface area (TPSA) is 18.5 Å². The van der Waals surface area contributed by atoms with Crippen molar-refractivity contribution in [3.05, 3.63) is 0 Å². The highest BCUT2D eigenvalue weighted by Crippen LogP contribution is 2.24. The molecule has 3 aliphatic rings. The molecule has 1 atom stereocenters. The third-order valence-electron chi connectivity index (χ3n) is 4.44. The van der Waals surface area contributed by atoms with Gasteiger partial charge in [0.05, 0.1) is 0 Å². The molecule has 0 bridgehead atoms. The first kappa shape index (κ1) is 13.3. The molecule has 3 heteroatoms. The van der Waals surface area contributed by atoms with Crippen LogP contribution in [0.1, 0.15) is 39.5 Å². The van der Waals surface area contributed by atoms with Gasteiger partial charge in [-0.1, -0.05) is 13.8 Å². The maximum absolute atomic E-state index is 3.46. The molecule has 3 aliphatic heterocycles. The average molecular weight is 239 g/mol. The van der Waals surface area contributed by atoms with E-state index >= 15 is 0 Å². The van der Waals surface area contributed by atoms with Crippen LogP contribution in [-0.4, -0.2) is 61.2 Å². The van der Waals surface area contributed by atoms with Gasteiger partial charge in [-0.05, 0) is 45.3 Å². The van der Waals surface area contributed by atoms with Crippen molar-refractivity contribution in [1.29, 1.82) is 0 Å². The van der Waals surface area contributed by atoms with Crippen LogP contribution in [0.3, 0.4) is 0 Å². The van der Waals surface area contributed by atoms with E-state index in [4.69, 9.17) is 0 Å². The lowest BCUT2D eigenvalue weighted by molar-refractivity contribution is 0.0599. The van der Waals surface area contributed by atoms with E-state index in [2.05, 4.69) is 15.1 Å². The summed E-state index contributed by atoms with van der Waals surface area (Å²) in [6.45, 7) is 11.8. The van der Waals surface area contributed by atoms with Gasteiger partial charge < -0.3 is 5.32 Å². The summed E-state index contributed by atoms with van der Waals surface area (Å²) in [4.78, 5) is 5.48. The number of piperazine rings is 1. The molecule has 0 spiro atoms. The number of fused-ring (bicyclic) bond motifs is 1. The van der Waals surface area contributed by atoms with Crippen molar-refractivity contribution >= 4 is 0 Å². The van der Waals surface area contributed by atoms with E-state index < -0.39 is 0 Å². The largest absolute Gasteiger partial charge is 0.317 e. The van der Waals surface area contributed by atoms with Crippen molar-refractivity contribution in [1.82, 2.24) is 15.1 Å². The van der Waals surface area contributed by atoms with E-state index in [1.807, 2.05) is 13.8 Å². The lowest BCUT2D eigenvalue weighted by atomic mass is 10.0. The smallest absolute Gasteiger partial charge is 0.0224 e. The minimum atomic E-state index is 0.883. The number of hydrogen-bond acceptors (Lipinski definition) is 3. The van der Waals surface area contributed by atoms with Gasteiger partial charge in [-0.2, -0.15) is 0 Å². The minimum Gasteiger partial charge on any atom is -0.317 e. The van der Waals surface area contributed by atoms with Crippen LogP contribution in [0.15, 0.2) is 0 Å². The normalized spacial score (nSPS) is 31.8. The number of nitrogens with one attached hydrogen (secondary N) is 1. The van der Waals surface area contributed by atoms with Gasteiger partial charge in [0.15, 0.2) is 0 Å². The van der Waals surface area contributed by atoms with Crippen LogP contribution in [0.25, 0.3) is 0 Å². The van der Waals surface area contributed by atoms with Crippen LogP contribution < -0.4 is 5.32 Å². The van der Waals surface area contributed by atoms with E-state index in [1.165, 1.54) is 65.0 Å². The summed E-state index contributed by atoms with van der Waals surface area (Å²) in [7, 11) is 0. The van der Waals surface area contributed by atoms with E-state index in [0.29, 0.717) is 0 Å². The monoisotopic (exact) mass is 239 g/mol. The summed E-state index contributed by atoms with van der Waals surface area (Å²) < 4.78 is 0. The summed E-state index contributed by atoms with van der Waals surface area (Å²) in [6, 6.07) is 1.78. The summed E-state index contributed by atoms with van der Waals surface area (Å²) >= 11 is 0. The van der Waals surface area contributed by atoms with Gasteiger partial charge >= 0.3 is 0 Å². The van der Waals surface area contributed by atoms with Gasteiger partial charge in [0.2, 0.25) is 0 Å². The number of hydrogen-bond donors (Lipinski definition) is 1. The zero-order valence-electron chi connectivity index (χ0n) is 11.6.